The Bertz CT molecular complexity index is 937. The summed E-state index contributed by atoms with van der Waals surface area (Å²) >= 11 is 0. The lowest BCUT2D eigenvalue weighted by atomic mass is 10.1. The minimum absolute atomic E-state index is 0.121. The monoisotopic (exact) mass is 339 g/mol. The number of benzene rings is 1. The molecule has 0 saturated heterocycles. The van der Waals surface area contributed by atoms with E-state index >= 15 is 0 Å². The van der Waals surface area contributed by atoms with Crippen LogP contribution in [0.25, 0.3) is 0 Å². The van der Waals surface area contributed by atoms with Crippen LogP contribution >= 0.6 is 0 Å². The molecule has 7 nitrogen and oxygen atoms in total. The number of hydrogen-bond acceptors (Lipinski definition) is 5. The number of phenols is 1. The third-order valence-corrected chi connectivity index (χ3v) is 3.48. The fraction of sp³-hybridized carbons (Fsp3) is 0.0588. The fourth-order valence-corrected chi connectivity index (χ4v) is 2.30. The van der Waals surface area contributed by atoms with Gasteiger partial charge in [-0.3, -0.25) is 14.9 Å². The lowest BCUT2D eigenvalue weighted by Crippen LogP contribution is -2.13. The number of aromatic nitrogens is 3. The molecule has 0 aliphatic heterocycles. The maximum absolute atomic E-state index is 13.1. The Kier molecular flexibility index (Phi) is 4.51. The molecule has 0 aliphatic rings. The molecule has 0 atom stereocenters. The number of pyridine rings is 1. The first-order valence-electron chi connectivity index (χ1n) is 7.33. The Hall–Kier alpha value is -3.55. The third kappa shape index (κ3) is 3.69. The molecular formula is C17H14FN5O2. The van der Waals surface area contributed by atoms with E-state index in [1.165, 1.54) is 18.3 Å². The Morgan fingerprint density at radius 1 is 1.40 bits per heavy atom. The van der Waals surface area contributed by atoms with Crippen molar-refractivity contribution >= 4 is 17.9 Å². The Morgan fingerprint density at radius 2 is 2.24 bits per heavy atom. The van der Waals surface area contributed by atoms with Gasteiger partial charge in [0.1, 0.15) is 5.56 Å². The molecule has 0 saturated carbocycles. The molecular weight excluding hydrogens is 325 g/mol. The van der Waals surface area contributed by atoms with Crippen LogP contribution in [0.1, 0.15) is 27.2 Å². The number of primary amides is 1. The van der Waals surface area contributed by atoms with Crippen molar-refractivity contribution in [2.24, 2.45) is 10.7 Å². The number of aliphatic imine (C=N–C) groups is 1. The van der Waals surface area contributed by atoms with Crippen LogP contribution in [0.4, 0.5) is 10.2 Å². The molecule has 8 heteroatoms. The molecule has 0 bridgehead atoms. The number of carbonyl (C=O) groups excluding carboxylic acids is 1. The zero-order valence-electron chi connectivity index (χ0n) is 13.0. The molecule has 0 unspecified atom stereocenters. The number of nitrogens with two attached hydrogens (primary N) is 1. The first-order chi connectivity index (χ1) is 12.0. The lowest BCUT2D eigenvalue weighted by molar-refractivity contribution is 0.100. The second-order valence-corrected chi connectivity index (χ2v) is 5.27. The summed E-state index contributed by atoms with van der Waals surface area (Å²) in [6, 6.07) is 7.42. The fourth-order valence-electron chi connectivity index (χ4n) is 2.30. The van der Waals surface area contributed by atoms with Crippen LogP contribution in [0.3, 0.4) is 0 Å². The van der Waals surface area contributed by atoms with Crippen LogP contribution in [0.15, 0.2) is 47.7 Å². The van der Waals surface area contributed by atoms with Crippen LogP contribution in [0, 0.1) is 5.82 Å². The molecule has 25 heavy (non-hydrogen) atoms. The predicted molar refractivity (Wildman–Crippen MR) is 89.5 cm³/mol. The zero-order chi connectivity index (χ0) is 17.8. The van der Waals surface area contributed by atoms with Gasteiger partial charge < -0.3 is 10.8 Å². The Balaban J connectivity index is 1.90. The topological polar surface area (TPSA) is 117 Å². The van der Waals surface area contributed by atoms with E-state index in [0.29, 0.717) is 17.7 Å². The van der Waals surface area contributed by atoms with E-state index in [1.807, 2.05) is 6.07 Å². The van der Waals surface area contributed by atoms with Gasteiger partial charge in [0.05, 0.1) is 5.69 Å². The molecule has 2 heterocycles. The van der Waals surface area contributed by atoms with E-state index in [9.17, 15) is 14.3 Å². The molecule has 2 aromatic heterocycles. The maximum Gasteiger partial charge on any atom is 0.254 e. The van der Waals surface area contributed by atoms with Gasteiger partial charge >= 0.3 is 0 Å². The van der Waals surface area contributed by atoms with E-state index < -0.39 is 17.5 Å². The normalized spacial score (nSPS) is 11.1. The SMILES string of the molecule is NC(=O)c1c(N=Cc2ccc(F)c(O)c2)n[nH]c1Cc1cccnc1. The van der Waals surface area contributed by atoms with E-state index in [-0.39, 0.29) is 11.4 Å². The molecule has 0 aliphatic carbocycles. The van der Waals surface area contributed by atoms with Crippen molar-refractivity contribution in [3.63, 3.8) is 0 Å². The first kappa shape index (κ1) is 16.3. The number of H-pyrrole nitrogens is 1. The standard InChI is InChI=1S/C17H14FN5O2/c18-12-4-3-11(7-14(12)24)9-21-17-15(16(19)25)13(22-23-17)6-10-2-1-5-20-8-10/h1-5,7-9,24H,6H2,(H2,19,25)(H,22,23). The molecule has 1 amide bonds. The van der Waals surface area contributed by atoms with E-state index in [2.05, 4.69) is 20.2 Å². The van der Waals surface area contributed by atoms with Crippen molar-refractivity contribution in [2.75, 3.05) is 0 Å². The van der Waals surface area contributed by atoms with E-state index in [4.69, 9.17) is 5.73 Å². The Morgan fingerprint density at radius 3 is 2.92 bits per heavy atom. The van der Waals surface area contributed by atoms with Crippen LogP contribution in [-0.4, -0.2) is 32.4 Å². The number of amides is 1. The lowest BCUT2D eigenvalue weighted by Gasteiger charge is -2.01. The molecule has 0 fully saturated rings. The number of aromatic amines is 1. The second-order valence-electron chi connectivity index (χ2n) is 5.27. The van der Waals surface area contributed by atoms with Crippen molar-refractivity contribution in [2.45, 2.75) is 6.42 Å². The highest BCUT2D eigenvalue weighted by Crippen LogP contribution is 2.22. The maximum atomic E-state index is 13.1. The summed E-state index contributed by atoms with van der Waals surface area (Å²) in [6.07, 6.45) is 5.08. The quantitative estimate of drug-likeness (QED) is 0.617. The van der Waals surface area contributed by atoms with Crippen molar-refractivity contribution in [3.05, 3.63) is 70.9 Å². The largest absolute Gasteiger partial charge is 0.505 e. The molecule has 0 radical (unpaired) electrons. The zero-order valence-corrected chi connectivity index (χ0v) is 13.0. The minimum atomic E-state index is -0.728. The summed E-state index contributed by atoms with van der Waals surface area (Å²) in [4.78, 5) is 19.9. The molecule has 4 N–H and O–H groups in total. The molecule has 3 aromatic rings. The summed E-state index contributed by atoms with van der Waals surface area (Å²) in [5.41, 5.74) is 7.48. The van der Waals surface area contributed by atoms with Crippen molar-refractivity contribution < 1.29 is 14.3 Å². The second kappa shape index (κ2) is 6.91. The van der Waals surface area contributed by atoms with Gasteiger partial charge in [-0.2, -0.15) is 5.10 Å². The summed E-state index contributed by atoms with van der Waals surface area (Å²) in [5.74, 6) is -1.76. The molecule has 1 aromatic carbocycles. The first-order valence-corrected chi connectivity index (χ1v) is 7.33. The van der Waals surface area contributed by atoms with Gasteiger partial charge in [-0.25, -0.2) is 9.38 Å². The third-order valence-electron chi connectivity index (χ3n) is 3.48. The van der Waals surface area contributed by atoms with Gasteiger partial charge in [0.15, 0.2) is 17.4 Å². The van der Waals surface area contributed by atoms with E-state index in [0.717, 1.165) is 11.6 Å². The van der Waals surface area contributed by atoms with Crippen LogP contribution in [0.5, 0.6) is 5.75 Å². The summed E-state index contributed by atoms with van der Waals surface area (Å²) < 4.78 is 13.1. The summed E-state index contributed by atoms with van der Waals surface area (Å²) in [6.45, 7) is 0. The number of aromatic hydroxyl groups is 1. The number of nitrogens with zero attached hydrogens (tertiary/aromatic N) is 3. The van der Waals surface area contributed by atoms with Gasteiger partial charge in [0.2, 0.25) is 0 Å². The number of phenolic OH excluding ortho intramolecular Hbond substituents is 1. The average molecular weight is 339 g/mol. The van der Waals surface area contributed by atoms with Gasteiger partial charge in [0, 0.05) is 25.0 Å². The van der Waals surface area contributed by atoms with Gasteiger partial charge in [-0.05, 0) is 29.3 Å². The molecule has 3 rings (SSSR count). The van der Waals surface area contributed by atoms with Crippen LogP contribution < -0.4 is 5.73 Å². The van der Waals surface area contributed by atoms with Gasteiger partial charge in [-0.1, -0.05) is 12.1 Å². The number of carbonyl (C=O) groups is 1. The number of nitrogens with one attached hydrogen (secondary N) is 1. The number of rotatable bonds is 5. The van der Waals surface area contributed by atoms with Crippen LogP contribution in [-0.2, 0) is 6.42 Å². The van der Waals surface area contributed by atoms with Crippen molar-refractivity contribution in [1.82, 2.24) is 15.2 Å². The van der Waals surface area contributed by atoms with Gasteiger partial charge in [0.25, 0.3) is 5.91 Å². The number of halogens is 1. The summed E-state index contributed by atoms with van der Waals surface area (Å²) in [5, 5.41) is 16.1. The van der Waals surface area contributed by atoms with Crippen molar-refractivity contribution in [1.29, 1.82) is 0 Å². The summed E-state index contributed by atoms with van der Waals surface area (Å²) in [7, 11) is 0. The molecule has 126 valence electrons. The number of hydrogen-bond donors (Lipinski definition) is 3. The smallest absolute Gasteiger partial charge is 0.254 e. The van der Waals surface area contributed by atoms with Crippen LogP contribution in [0.2, 0.25) is 0 Å². The highest BCUT2D eigenvalue weighted by molar-refractivity contribution is 5.99. The van der Waals surface area contributed by atoms with Crippen molar-refractivity contribution in [3.8, 4) is 5.75 Å². The van der Waals surface area contributed by atoms with Gasteiger partial charge in [-0.15, -0.1) is 0 Å². The predicted octanol–water partition coefficient (Wildman–Crippen LogP) is 2.09. The van der Waals surface area contributed by atoms with E-state index in [1.54, 1.807) is 18.5 Å². The average Bonchev–Trinajstić information content (AvgIpc) is 2.99. The highest BCUT2D eigenvalue weighted by Gasteiger charge is 2.18. The minimum Gasteiger partial charge on any atom is -0.505 e. The highest BCUT2D eigenvalue weighted by atomic mass is 19.1. The molecule has 0 spiro atoms. The Labute approximate surface area is 142 Å².